The molecule has 2 saturated carbocycles. The molecular formula is C15H18BO6-. The van der Waals surface area contributed by atoms with Crippen LogP contribution in [-0.2, 0) is 0 Å². The van der Waals surface area contributed by atoms with E-state index in [4.69, 9.17) is 9.39 Å². The molecule has 1 heterocycles. The van der Waals surface area contributed by atoms with Crippen molar-refractivity contribution in [3.63, 3.8) is 0 Å². The number of benzene rings is 1. The lowest BCUT2D eigenvalue weighted by atomic mass is 9.50. The van der Waals surface area contributed by atoms with Gasteiger partial charge in [0.1, 0.15) is 11.3 Å². The van der Waals surface area contributed by atoms with Crippen molar-refractivity contribution in [3.05, 3.63) is 23.3 Å². The number of hydrogen-bond acceptors (Lipinski definition) is 5. The summed E-state index contributed by atoms with van der Waals surface area (Å²) in [6, 6.07) is 3.44. The fourth-order valence-corrected chi connectivity index (χ4v) is 5.02. The number of carboxylic acid groups (broad SMARTS) is 1. The highest BCUT2D eigenvalue weighted by atomic mass is 16.6. The maximum atomic E-state index is 11.6. The van der Waals surface area contributed by atoms with E-state index in [-0.39, 0.29) is 34.7 Å². The van der Waals surface area contributed by atoms with Crippen molar-refractivity contribution in [2.24, 2.45) is 11.8 Å². The molecule has 4 unspecified atom stereocenters. The topological polar surface area (TPSA) is 96.2 Å². The highest BCUT2D eigenvalue weighted by molar-refractivity contribution is 6.61. The monoisotopic (exact) mass is 305 g/mol. The molecule has 0 amide bonds. The zero-order valence-electron chi connectivity index (χ0n) is 12.2. The lowest BCUT2D eigenvalue weighted by Crippen LogP contribution is -2.54. The Morgan fingerprint density at radius 2 is 2.05 bits per heavy atom. The van der Waals surface area contributed by atoms with Crippen molar-refractivity contribution in [2.75, 3.05) is 7.11 Å². The molecule has 4 rings (SSSR count). The van der Waals surface area contributed by atoms with Crippen LogP contribution >= 0.6 is 0 Å². The first-order valence-electron chi connectivity index (χ1n) is 7.66. The van der Waals surface area contributed by atoms with Gasteiger partial charge in [-0.2, -0.15) is 0 Å². The molecular weight excluding hydrogens is 287 g/mol. The predicted octanol–water partition coefficient (Wildman–Crippen LogP) is 1.59. The standard InChI is InChI=1S/C15H18BO6/c1-21-10-5-4-9-11-7-2-3-8(6-7)13(11)16(19,20)22-14(9)12(10)15(17)18/h4-5,7-8,11,13,19-20H,2-3,6H2,1H3,(H,17,18)/q-1. The fraction of sp³-hybridized carbons (Fsp3) is 0.533. The van der Waals surface area contributed by atoms with Gasteiger partial charge in [-0.05, 0) is 36.3 Å². The Kier molecular flexibility index (Phi) is 2.78. The number of ether oxygens (including phenoxy) is 1. The van der Waals surface area contributed by atoms with E-state index in [2.05, 4.69) is 0 Å². The van der Waals surface area contributed by atoms with Crippen molar-refractivity contribution >= 4 is 12.7 Å². The Morgan fingerprint density at radius 3 is 2.73 bits per heavy atom. The minimum absolute atomic E-state index is 0.0403. The quantitative estimate of drug-likeness (QED) is 0.718. The number of methoxy groups -OCH3 is 1. The van der Waals surface area contributed by atoms with E-state index in [0.717, 1.165) is 24.8 Å². The minimum Gasteiger partial charge on any atom is -0.669 e. The highest BCUT2D eigenvalue weighted by Crippen LogP contribution is 2.65. The molecule has 0 saturated heterocycles. The molecule has 2 aliphatic carbocycles. The molecule has 1 aromatic carbocycles. The van der Waals surface area contributed by atoms with Gasteiger partial charge in [0.05, 0.1) is 12.9 Å². The molecule has 2 fully saturated rings. The Hall–Kier alpha value is -1.73. The van der Waals surface area contributed by atoms with Crippen LogP contribution in [0.3, 0.4) is 0 Å². The Labute approximate surface area is 127 Å². The fourth-order valence-electron chi connectivity index (χ4n) is 5.02. The molecule has 2 bridgehead atoms. The summed E-state index contributed by atoms with van der Waals surface area (Å²) in [4.78, 5) is 11.6. The van der Waals surface area contributed by atoms with Crippen molar-refractivity contribution in [3.8, 4) is 11.5 Å². The van der Waals surface area contributed by atoms with E-state index in [0.29, 0.717) is 5.92 Å². The number of fused-ring (bicyclic) bond motifs is 7. The summed E-state index contributed by atoms with van der Waals surface area (Å²) < 4.78 is 10.5. The predicted molar refractivity (Wildman–Crippen MR) is 78.1 cm³/mol. The van der Waals surface area contributed by atoms with Gasteiger partial charge in [0.15, 0.2) is 0 Å². The number of carbonyl (C=O) groups is 1. The Bertz CT molecular complexity index is 658. The molecule has 0 radical (unpaired) electrons. The Balaban J connectivity index is 1.93. The average Bonchev–Trinajstić information content (AvgIpc) is 3.06. The van der Waals surface area contributed by atoms with E-state index in [1.54, 1.807) is 6.07 Å². The first kappa shape index (κ1) is 13.9. The molecule has 7 heteroatoms. The van der Waals surface area contributed by atoms with Crippen LogP contribution in [0.15, 0.2) is 12.1 Å². The average molecular weight is 305 g/mol. The largest absolute Gasteiger partial charge is 0.669 e. The second-order valence-corrected chi connectivity index (χ2v) is 6.68. The summed E-state index contributed by atoms with van der Waals surface area (Å²) in [5, 5.41) is 30.4. The van der Waals surface area contributed by atoms with E-state index in [9.17, 15) is 19.9 Å². The lowest BCUT2D eigenvalue weighted by Gasteiger charge is -2.50. The van der Waals surface area contributed by atoms with Gasteiger partial charge >= 0.3 is 12.7 Å². The van der Waals surface area contributed by atoms with Crippen molar-refractivity contribution < 1.29 is 29.3 Å². The van der Waals surface area contributed by atoms with Gasteiger partial charge in [-0.1, -0.05) is 24.2 Å². The molecule has 1 aromatic rings. The van der Waals surface area contributed by atoms with Crippen LogP contribution in [0.4, 0.5) is 0 Å². The molecule has 3 aliphatic rings. The van der Waals surface area contributed by atoms with Crippen LogP contribution in [0.25, 0.3) is 0 Å². The van der Waals surface area contributed by atoms with Crippen LogP contribution in [-0.4, -0.2) is 35.0 Å². The van der Waals surface area contributed by atoms with Crippen LogP contribution in [0, 0.1) is 11.8 Å². The zero-order chi connectivity index (χ0) is 15.6. The molecule has 3 N–H and O–H groups in total. The summed E-state index contributed by atoms with van der Waals surface area (Å²) in [5.74, 6) is -0.725. The van der Waals surface area contributed by atoms with Crippen molar-refractivity contribution in [2.45, 2.75) is 31.0 Å². The summed E-state index contributed by atoms with van der Waals surface area (Å²) in [6.45, 7) is -3.06. The third-order valence-electron chi connectivity index (χ3n) is 5.72. The molecule has 118 valence electrons. The molecule has 1 aliphatic heterocycles. The zero-order valence-corrected chi connectivity index (χ0v) is 12.2. The van der Waals surface area contributed by atoms with Gasteiger partial charge in [-0.15, -0.1) is 0 Å². The maximum absolute atomic E-state index is 11.6. The van der Waals surface area contributed by atoms with Crippen LogP contribution in [0.1, 0.15) is 41.1 Å². The Morgan fingerprint density at radius 1 is 1.32 bits per heavy atom. The summed E-state index contributed by atoms with van der Waals surface area (Å²) in [6.07, 6.45) is 2.99. The van der Waals surface area contributed by atoms with Crippen molar-refractivity contribution in [1.29, 1.82) is 0 Å². The van der Waals surface area contributed by atoms with Crippen LogP contribution in [0.2, 0.25) is 5.82 Å². The first-order chi connectivity index (χ1) is 10.4. The van der Waals surface area contributed by atoms with Gasteiger partial charge < -0.3 is 24.5 Å². The summed E-state index contributed by atoms with van der Waals surface area (Å²) >= 11 is 0. The number of rotatable bonds is 2. The summed E-state index contributed by atoms with van der Waals surface area (Å²) in [7, 11) is 1.38. The third kappa shape index (κ3) is 1.66. The van der Waals surface area contributed by atoms with Gasteiger partial charge in [-0.25, -0.2) is 4.79 Å². The van der Waals surface area contributed by atoms with Crippen LogP contribution < -0.4 is 9.39 Å². The lowest BCUT2D eigenvalue weighted by molar-refractivity contribution is 0.0688. The highest BCUT2D eigenvalue weighted by Gasteiger charge is 2.58. The number of aromatic carboxylic acids is 1. The van der Waals surface area contributed by atoms with Gasteiger partial charge in [0.25, 0.3) is 0 Å². The smallest absolute Gasteiger partial charge is 0.434 e. The van der Waals surface area contributed by atoms with E-state index in [1.807, 2.05) is 6.07 Å². The van der Waals surface area contributed by atoms with Gasteiger partial charge in [0.2, 0.25) is 0 Å². The second-order valence-electron chi connectivity index (χ2n) is 6.68. The third-order valence-corrected chi connectivity index (χ3v) is 5.72. The second kappa shape index (κ2) is 4.39. The minimum atomic E-state index is -3.06. The molecule has 4 atom stereocenters. The molecule has 6 nitrogen and oxygen atoms in total. The van der Waals surface area contributed by atoms with Crippen LogP contribution in [0.5, 0.6) is 11.5 Å². The normalized spacial score (nSPS) is 33.8. The first-order valence-corrected chi connectivity index (χ1v) is 7.66. The molecule has 0 spiro atoms. The molecule has 22 heavy (non-hydrogen) atoms. The van der Waals surface area contributed by atoms with E-state index in [1.165, 1.54) is 7.11 Å². The van der Waals surface area contributed by atoms with Gasteiger partial charge in [0, 0.05) is 0 Å². The summed E-state index contributed by atoms with van der Waals surface area (Å²) in [5.41, 5.74) is 0.645. The van der Waals surface area contributed by atoms with E-state index < -0.39 is 12.7 Å². The molecule has 0 aromatic heterocycles. The van der Waals surface area contributed by atoms with Crippen molar-refractivity contribution in [1.82, 2.24) is 0 Å². The number of hydrogen-bond donors (Lipinski definition) is 3. The SMILES string of the molecule is COc1ccc2c(c1C(=O)O)O[B-](O)(O)C1C3CCC(C3)C21. The van der Waals surface area contributed by atoms with E-state index >= 15 is 0 Å². The maximum Gasteiger partial charge on any atom is 0.434 e. The number of carboxylic acids is 1. The van der Waals surface area contributed by atoms with Gasteiger partial charge in [-0.3, -0.25) is 0 Å².